The van der Waals surface area contributed by atoms with Crippen molar-refractivity contribution in [3.63, 3.8) is 0 Å². The van der Waals surface area contributed by atoms with Crippen LogP contribution in [0.3, 0.4) is 0 Å². The van der Waals surface area contributed by atoms with Crippen LogP contribution in [0.15, 0.2) is 42.7 Å². The summed E-state index contributed by atoms with van der Waals surface area (Å²) < 4.78 is 7.14. The van der Waals surface area contributed by atoms with Crippen LogP contribution in [0.25, 0.3) is 5.52 Å². The number of aromatic nitrogens is 2. The quantitative estimate of drug-likeness (QED) is 0.692. The van der Waals surface area contributed by atoms with E-state index >= 15 is 0 Å². The van der Waals surface area contributed by atoms with Crippen molar-refractivity contribution >= 4 is 11.3 Å². The number of aryl methyl sites for hydroxylation is 1. The SMILES string of the molecule is COc1c(C(=O)c2cnn3ccccc23)ccc(C)c1C. The molecule has 0 saturated carbocycles. The Labute approximate surface area is 123 Å². The summed E-state index contributed by atoms with van der Waals surface area (Å²) in [6.45, 7) is 3.96. The van der Waals surface area contributed by atoms with Crippen molar-refractivity contribution in [2.75, 3.05) is 7.11 Å². The van der Waals surface area contributed by atoms with E-state index in [9.17, 15) is 4.79 Å². The molecule has 0 saturated heterocycles. The van der Waals surface area contributed by atoms with Gasteiger partial charge in [-0.25, -0.2) is 4.52 Å². The molecule has 0 aliphatic heterocycles. The van der Waals surface area contributed by atoms with Crippen molar-refractivity contribution < 1.29 is 9.53 Å². The minimum atomic E-state index is -0.0730. The molecule has 2 aromatic heterocycles. The number of nitrogens with zero attached hydrogens (tertiary/aromatic N) is 2. The number of carbonyl (C=O) groups excluding carboxylic acids is 1. The van der Waals surface area contributed by atoms with E-state index in [2.05, 4.69) is 5.10 Å². The molecule has 0 aliphatic rings. The van der Waals surface area contributed by atoms with Crippen LogP contribution in [0.1, 0.15) is 27.0 Å². The molecule has 3 rings (SSSR count). The molecule has 2 heterocycles. The average Bonchev–Trinajstić information content (AvgIpc) is 2.93. The highest BCUT2D eigenvalue weighted by molar-refractivity contribution is 6.14. The van der Waals surface area contributed by atoms with Gasteiger partial charge in [0, 0.05) is 6.20 Å². The van der Waals surface area contributed by atoms with Crippen LogP contribution >= 0.6 is 0 Å². The van der Waals surface area contributed by atoms with Crippen LogP contribution < -0.4 is 4.74 Å². The van der Waals surface area contributed by atoms with E-state index in [1.54, 1.807) is 17.8 Å². The summed E-state index contributed by atoms with van der Waals surface area (Å²) in [7, 11) is 1.59. The number of ketones is 1. The molecular weight excluding hydrogens is 264 g/mol. The van der Waals surface area contributed by atoms with Gasteiger partial charge in [-0.05, 0) is 43.2 Å². The lowest BCUT2D eigenvalue weighted by atomic mass is 9.98. The molecule has 21 heavy (non-hydrogen) atoms. The zero-order chi connectivity index (χ0) is 15.0. The highest BCUT2D eigenvalue weighted by atomic mass is 16.5. The maximum absolute atomic E-state index is 12.8. The number of hydrogen-bond donors (Lipinski definition) is 0. The molecule has 0 amide bonds. The van der Waals surface area contributed by atoms with E-state index in [1.165, 1.54) is 0 Å². The van der Waals surface area contributed by atoms with E-state index in [4.69, 9.17) is 4.74 Å². The largest absolute Gasteiger partial charge is 0.496 e. The Morgan fingerprint density at radius 2 is 1.95 bits per heavy atom. The second kappa shape index (κ2) is 5.05. The Kier molecular flexibility index (Phi) is 3.22. The highest BCUT2D eigenvalue weighted by Crippen LogP contribution is 2.29. The van der Waals surface area contributed by atoms with Crippen LogP contribution in [-0.4, -0.2) is 22.5 Å². The van der Waals surface area contributed by atoms with Gasteiger partial charge in [0.1, 0.15) is 5.75 Å². The molecular formula is C17H16N2O2. The summed E-state index contributed by atoms with van der Waals surface area (Å²) in [5.74, 6) is 0.562. The average molecular weight is 280 g/mol. The highest BCUT2D eigenvalue weighted by Gasteiger charge is 2.20. The Morgan fingerprint density at radius 1 is 1.14 bits per heavy atom. The molecule has 1 aromatic carbocycles. The van der Waals surface area contributed by atoms with Gasteiger partial charge >= 0.3 is 0 Å². The smallest absolute Gasteiger partial charge is 0.200 e. The van der Waals surface area contributed by atoms with Crippen LogP contribution in [0.2, 0.25) is 0 Å². The van der Waals surface area contributed by atoms with Crippen molar-refractivity contribution in [3.05, 3.63) is 65.0 Å². The van der Waals surface area contributed by atoms with Gasteiger partial charge in [0.25, 0.3) is 0 Å². The van der Waals surface area contributed by atoms with E-state index in [0.717, 1.165) is 16.6 Å². The third-order valence-corrected chi connectivity index (χ3v) is 3.80. The van der Waals surface area contributed by atoms with Crippen molar-refractivity contribution in [3.8, 4) is 5.75 Å². The first kappa shape index (κ1) is 13.4. The number of carbonyl (C=O) groups is 1. The summed E-state index contributed by atoms with van der Waals surface area (Å²) in [6, 6.07) is 9.41. The molecule has 0 fully saturated rings. The third-order valence-electron chi connectivity index (χ3n) is 3.80. The van der Waals surface area contributed by atoms with Gasteiger partial charge in [0.05, 0.1) is 30.0 Å². The fourth-order valence-corrected chi connectivity index (χ4v) is 2.49. The summed E-state index contributed by atoms with van der Waals surface area (Å²) in [5.41, 5.74) is 4.03. The Hall–Kier alpha value is -2.62. The lowest BCUT2D eigenvalue weighted by Crippen LogP contribution is -2.05. The first-order valence-electron chi connectivity index (χ1n) is 6.74. The zero-order valence-electron chi connectivity index (χ0n) is 12.3. The Morgan fingerprint density at radius 3 is 2.71 bits per heavy atom. The number of benzene rings is 1. The standard InChI is InChI=1S/C17H16N2O2/c1-11-7-8-13(17(21-3)12(11)2)16(20)14-10-18-19-9-5-4-6-15(14)19/h4-10H,1-3H3. The first-order valence-corrected chi connectivity index (χ1v) is 6.74. The van der Waals surface area contributed by atoms with Gasteiger partial charge in [0.15, 0.2) is 0 Å². The van der Waals surface area contributed by atoms with Crippen molar-refractivity contribution in [2.24, 2.45) is 0 Å². The molecule has 4 heteroatoms. The molecule has 0 unspecified atom stereocenters. The molecule has 0 radical (unpaired) electrons. The molecule has 4 nitrogen and oxygen atoms in total. The minimum Gasteiger partial charge on any atom is -0.496 e. The van der Waals surface area contributed by atoms with E-state index in [0.29, 0.717) is 16.9 Å². The molecule has 106 valence electrons. The van der Waals surface area contributed by atoms with Crippen LogP contribution in [-0.2, 0) is 0 Å². The number of fused-ring (bicyclic) bond motifs is 1. The summed E-state index contributed by atoms with van der Waals surface area (Å²) >= 11 is 0. The van der Waals surface area contributed by atoms with Crippen LogP contribution in [0, 0.1) is 13.8 Å². The van der Waals surface area contributed by atoms with Gasteiger partial charge in [-0.15, -0.1) is 0 Å². The van der Waals surface area contributed by atoms with E-state index in [-0.39, 0.29) is 5.78 Å². The number of methoxy groups -OCH3 is 1. The van der Waals surface area contributed by atoms with E-state index in [1.807, 2.05) is 50.4 Å². The van der Waals surface area contributed by atoms with Gasteiger partial charge in [-0.3, -0.25) is 4.79 Å². The molecule has 0 bridgehead atoms. The summed E-state index contributed by atoms with van der Waals surface area (Å²) in [6.07, 6.45) is 3.43. The van der Waals surface area contributed by atoms with Gasteiger partial charge in [0.2, 0.25) is 5.78 Å². The molecule has 0 spiro atoms. The second-order valence-electron chi connectivity index (χ2n) is 5.01. The molecule has 3 aromatic rings. The van der Waals surface area contributed by atoms with Crippen molar-refractivity contribution in [2.45, 2.75) is 13.8 Å². The number of ether oxygens (including phenoxy) is 1. The van der Waals surface area contributed by atoms with Gasteiger partial charge in [-0.2, -0.15) is 5.10 Å². The summed E-state index contributed by atoms with van der Waals surface area (Å²) in [4.78, 5) is 12.8. The first-order chi connectivity index (χ1) is 10.1. The fraction of sp³-hybridized carbons (Fsp3) is 0.176. The predicted octanol–water partition coefficient (Wildman–Crippen LogP) is 3.19. The van der Waals surface area contributed by atoms with Crippen LogP contribution in [0.4, 0.5) is 0 Å². The van der Waals surface area contributed by atoms with Gasteiger partial charge < -0.3 is 4.74 Å². The van der Waals surface area contributed by atoms with Gasteiger partial charge in [-0.1, -0.05) is 12.1 Å². The fourth-order valence-electron chi connectivity index (χ4n) is 2.49. The topological polar surface area (TPSA) is 43.6 Å². The van der Waals surface area contributed by atoms with Crippen LogP contribution in [0.5, 0.6) is 5.75 Å². The lowest BCUT2D eigenvalue weighted by molar-refractivity contribution is 0.103. The monoisotopic (exact) mass is 280 g/mol. The predicted molar refractivity (Wildman–Crippen MR) is 81.1 cm³/mol. The maximum Gasteiger partial charge on any atom is 0.200 e. The minimum absolute atomic E-state index is 0.0730. The normalized spacial score (nSPS) is 10.8. The summed E-state index contributed by atoms with van der Waals surface area (Å²) in [5, 5.41) is 4.22. The zero-order valence-corrected chi connectivity index (χ0v) is 12.3. The lowest BCUT2D eigenvalue weighted by Gasteiger charge is -2.12. The molecule has 0 aliphatic carbocycles. The second-order valence-corrected chi connectivity index (χ2v) is 5.01. The number of rotatable bonds is 3. The Balaban J connectivity index is 2.17. The van der Waals surface area contributed by atoms with Crippen molar-refractivity contribution in [1.82, 2.24) is 9.61 Å². The number of pyridine rings is 1. The maximum atomic E-state index is 12.8. The molecule has 0 N–H and O–H groups in total. The van der Waals surface area contributed by atoms with Crippen molar-refractivity contribution in [1.29, 1.82) is 0 Å². The third kappa shape index (κ3) is 2.09. The Bertz CT molecular complexity index is 834. The number of hydrogen-bond acceptors (Lipinski definition) is 3. The molecule has 0 atom stereocenters. The van der Waals surface area contributed by atoms with E-state index < -0.39 is 0 Å².